The van der Waals surface area contributed by atoms with E-state index >= 15 is 0 Å². The molecular weight excluding hydrogens is 427 g/mol. The molecule has 0 aliphatic heterocycles. The Morgan fingerprint density at radius 1 is 1.16 bits per heavy atom. The average Bonchev–Trinajstić information content (AvgIpc) is 3.35. The van der Waals surface area contributed by atoms with Crippen LogP contribution in [-0.2, 0) is 12.7 Å². The van der Waals surface area contributed by atoms with Crippen LogP contribution in [0.5, 0.6) is 0 Å². The smallest absolute Gasteiger partial charge is 0.347 e. The van der Waals surface area contributed by atoms with Crippen LogP contribution in [-0.4, -0.2) is 31.5 Å². The van der Waals surface area contributed by atoms with E-state index in [2.05, 4.69) is 15.5 Å². The highest BCUT2D eigenvalue weighted by Gasteiger charge is 2.38. The number of nitrogens with one attached hydrogen (secondary N) is 1. The van der Waals surface area contributed by atoms with Crippen molar-refractivity contribution in [2.75, 3.05) is 0 Å². The predicted molar refractivity (Wildman–Crippen MR) is 113 cm³/mol. The number of carbonyl (C=O) groups is 1. The Kier molecular flexibility index (Phi) is 5.34. The number of para-hydroxylation sites is 1. The minimum absolute atomic E-state index is 0.0855. The number of aryl methyl sites for hydroxylation is 2. The predicted octanol–water partition coefficient (Wildman–Crippen LogP) is 4.74. The molecule has 0 bridgehead atoms. The Morgan fingerprint density at radius 2 is 1.87 bits per heavy atom. The van der Waals surface area contributed by atoms with E-state index in [4.69, 9.17) is 0 Å². The topological polar surface area (TPSA) is 64.7 Å². The summed E-state index contributed by atoms with van der Waals surface area (Å²) in [5, 5.41) is 10.9. The highest BCUT2D eigenvalue weighted by molar-refractivity contribution is 7.20. The van der Waals surface area contributed by atoms with Crippen molar-refractivity contribution in [3.05, 3.63) is 64.4 Å². The quantitative estimate of drug-likeness (QED) is 0.481. The van der Waals surface area contributed by atoms with Crippen LogP contribution in [0.1, 0.15) is 33.7 Å². The molecule has 10 heteroatoms. The molecule has 162 valence electrons. The highest BCUT2D eigenvalue weighted by Crippen LogP contribution is 2.38. The number of halogens is 3. The number of benzene rings is 1. The third kappa shape index (κ3) is 4.20. The minimum atomic E-state index is -4.63. The second-order valence-electron chi connectivity index (χ2n) is 7.41. The normalized spacial score (nSPS) is 13.0. The van der Waals surface area contributed by atoms with Gasteiger partial charge in [0.25, 0.3) is 5.91 Å². The summed E-state index contributed by atoms with van der Waals surface area (Å²) in [6.45, 7) is 6.10. The van der Waals surface area contributed by atoms with E-state index < -0.39 is 17.8 Å². The number of thiophene rings is 1. The Labute approximate surface area is 180 Å². The second-order valence-corrected chi connectivity index (χ2v) is 8.44. The molecule has 4 rings (SSSR count). The second kappa shape index (κ2) is 7.84. The summed E-state index contributed by atoms with van der Waals surface area (Å²) >= 11 is 0.985. The van der Waals surface area contributed by atoms with E-state index in [1.807, 2.05) is 26.8 Å². The van der Waals surface area contributed by atoms with E-state index in [9.17, 15) is 18.0 Å². The molecule has 1 amide bonds. The van der Waals surface area contributed by atoms with Gasteiger partial charge < -0.3 is 5.32 Å². The fraction of sp³-hybridized carbons (Fsp3) is 0.286. The van der Waals surface area contributed by atoms with E-state index in [0.29, 0.717) is 12.2 Å². The summed E-state index contributed by atoms with van der Waals surface area (Å²) in [7, 11) is 0. The number of hydrogen-bond donors (Lipinski definition) is 1. The van der Waals surface area contributed by atoms with Crippen molar-refractivity contribution in [3.8, 4) is 5.69 Å². The van der Waals surface area contributed by atoms with Gasteiger partial charge in [-0.1, -0.05) is 18.2 Å². The summed E-state index contributed by atoms with van der Waals surface area (Å²) in [6, 6.07) is 11.5. The third-order valence-corrected chi connectivity index (χ3v) is 5.89. The van der Waals surface area contributed by atoms with E-state index in [-0.39, 0.29) is 21.1 Å². The molecule has 3 aromatic heterocycles. The molecule has 6 nitrogen and oxygen atoms in total. The van der Waals surface area contributed by atoms with Gasteiger partial charge in [-0.25, -0.2) is 4.68 Å². The fourth-order valence-electron chi connectivity index (χ4n) is 3.43. The maximum atomic E-state index is 13.6. The number of alkyl halides is 3. The van der Waals surface area contributed by atoms with E-state index in [0.717, 1.165) is 22.7 Å². The standard InChI is InChI=1S/C21H20F3N5OS/c1-12-9-14(3)28(26-12)11-13(2)25-19(30)17-10-16-18(21(22,23)24)27-29(20(16)31-17)15-7-5-4-6-8-15/h4-10,13H,11H2,1-3H3,(H,25,30). The van der Waals surface area contributed by atoms with Gasteiger partial charge in [0, 0.05) is 17.1 Å². The van der Waals surface area contributed by atoms with Crippen molar-refractivity contribution in [2.45, 2.75) is 39.5 Å². The molecular formula is C21H20F3N5OS. The van der Waals surface area contributed by atoms with E-state index in [1.54, 1.807) is 35.0 Å². The number of rotatable bonds is 5. The molecule has 0 spiro atoms. The van der Waals surface area contributed by atoms with Crippen molar-refractivity contribution in [3.63, 3.8) is 0 Å². The molecule has 0 aliphatic carbocycles. The number of nitrogens with zero attached hydrogens (tertiary/aromatic N) is 4. The summed E-state index contributed by atoms with van der Waals surface area (Å²) in [5.74, 6) is -0.428. The van der Waals surface area contributed by atoms with Crippen LogP contribution in [0.25, 0.3) is 15.9 Å². The number of fused-ring (bicyclic) bond motifs is 1. The molecule has 0 saturated heterocycles. The van der Waals surface area contributed by atoms with Crippen molar-refractivity contribution in [1.82, 2.24) is 24.9 Å². The van der Waals surface area contributed by atoms with Crippen LogP contribution < -0.4 is 5.32 Å². The van der Waals surface area contributed by atoms with Crippen LogP contribution in [0.15, 0.2) is 42.5 Å². The largest absolute Gasteiger partial charge is 0.435 e. The summed E-state index contributed by atoms with van der Waals surface area (Å²) in [6.07, 6.45) is -4.63. The lowest BCUT2D eigenvalue weighted by Gasteiger charge is -2.14. The zero-order valence-electron chi connectivity index (χ0n) is 17.1. The van der Waals surface area contributed by atoms with Gasteiger partial charge in [-0.15, -0.1) is 11.3 Å². The number of hydrogen-bond acceptors (Lipinski definition) is 4. The molecule has 0 saturated carbocycles. The first-order valence-electron chi connectivity index (χ1n) is 9.60. The van der Waals surface area contributed by atoms with Crippen LogP contribution in [0, 0.1) is 13.8 Å². The fourth-order valence-corrected chi connectivity index (χ4v) is 4.47. The molecule has 0 fully saturated rings. The van der Waals surface area contributed by atoms with Gasteiger partial charge in [-0.3, -0.25) is 9.48 Å². The van der Waals surface area contributed by atoms with Gasteiger partial charge in [-0.2, -0.15) is 23.4 Å². The maximum Gasteiger partial charge on any atom is 0.435 e. The molecule has 1 unspecified atom stereocenters. The van der Waals surface area contributed by atoms with Crippen LogP contribution in [0.3, 0.4) is 0 Å². The number of amides is 1. The lowest BCUT2D eigenvalue weighted by molar-refractivity contribution is -0.140. The van der Waals surface area contributed by atoms with Gasteiger partial charge in [0.1, 0.15) is 4.83 Å². The molecule has 4 aromatic rings. The monoisotopic (exact) mass is 447 g/mol. The number of carbonyl (C=O) groups excluding carboxylic acids is 1. The molecule has 0 aliphatic rings. The van der Waals surface area contributed by atoms with Crippen molar-refractivity contribution in [2.24, 2.45) is 0 Å². The summed E-state index contributed by atoms with van der Waals surface area (Å²) < 4.78 is 43.7. The van der Waals surface area contributed by atoms with Crippen LogP contribution in [0.2, 0.25) is 0 Å². The van der Waals surface area contributed by atoms with Gasteiger partial charge in [-0.05, 0) is 45.0 Å². The first-order valence-corrected chi connectivity index (χ1v) is 10.4. The average molecular weight is 447 g/mol. The SMILES string of the molecule is Cc1cc(C)n(CC(C)NC(=O)c2cc3c(C(F)(F)F)nn(-c4ccccc4)c3s2)n1. The van der Waals surface area contributed by atoms with Crippen molar-refractivity contribution < 1.29 is 18.0 Å². The van der Waals surface area contributed by atoms with E-state index in [1.165, 1.54) is 10.7 Å². The van der Waals surface area contributed by atoms with Crippen LogP contribution >= 0.6 is 11.3 Å². The summed E-state index contributed by atoms with van der Waals surface area (Å²) in [4.78, 5) is 13.2. The molecule has 1 aromatic carbocycles. The van der Waals surface area contributed by atoms with Gasteiger partial charge in [0.15, 0.2) is 5.69 Å². The molecule has 3 heterocycles. The lowest BCUT2D eigenvalue weighted by Crippen LogP contribution is -2.35. The molecule has 1 N–H and O–H groups in total. The zero-order chi connectivity index (χ0) is 22.3. The Balaban J connectivity index is 1.64. The zero-order valence-corrected chi connectivity index (χ0v) is 17.9. The van der Waals surface area contributed by atoms with Gasteiger partial charge in [0.2, 0.25) is 0 Å². The van der Waals surface area contributed by atoms with Gasteiger partial charge in [0.05, 0.1) is 22.8 Å². The maximum absolute atomic E-state index is 13.6. The van der Waals surface area contributed by atoms with Crippen molar-refractivity contribution >= 4 is 27.5 Å². The lowest BCUT2D eigenvalue weighted by atomic mass is 10.2. The summed E-state index contributed by atoms with van der Waals surface area (Å²) in [5.41, 5.74) is 1.34. The minimum Gasteiger partial charge on any atom is -0.347 e. The Morgan fingerprint density at radius 3 is 2.48 bits per heavy atom. The molecule has 31 heavy (non-hydrogen) atoms. The number of aromatic nitrogens is 4. The van der Waals surface area contributed by atoms with Crippen LogP contribution in [0.4, 0.5) is 13.2 Å². The van der Waals surface area contributed by atoms with Gasteiger partial charge >= 0.3 is 6.18 Å². The Hall–Kier alpha value is -3.14. The first kappa shape index (κ1) is 21.1. The third-order valence-electron chi connectivity index (χ3n) is 4.78. The highest BCUT2D eigenvalue weighted by atomic mass is 32.1. The molecule has 1 atom stereocenters. The van der Waals surface area contributed by atoms with Crippen molar-refractivity contribution in [1.29, 1.82) is 0 Å². The molecule has 0 radical (unpaired) electrons. The first-order chi connectivity index (χ1) is 14.6. The Bertz CT molecular complexity index is 1240.